The fourth-order valence-corrected chi connectivity index (χ4v) is 3.26. The Labute approximate surface area is 110 Å². The van der Waals surface area contributed by atoms with Crippen LogP contribution < -0.4 is 15.1 Å². The number of nitrogens with one attached hydrogen (secondary N) is 1. The molecule has 2 heterocycles. The van der Waals surface area contributed by atoms with Gasteiger partial charge in [0.1, 0.15) is 0 Å². The number of hydrogen-bond acceptors (Lipinski definition) is 3. The summed E-state index contributed by atoms with van der Waals surface area (Å²) in [5.74, 6) is 0. The summed E-state index contributed by atoms with van der Waals surface area (Å²) < 4.78 is 0. The summed E-state index contributed by atoms with van der Waals surface area (Å²) in [4.78, 5) is 4.70. The average Bonchev–Trinajstić information content (AvgIpc) is 3.01. The molecule has 1 atom stereocenters. The molecule has 0 bridgehead atoms. The summed E-state index contributed by atoms with van der Waals surface area (Å²) in [7, 11) is 4.17. The molecule has 0 radical (unpaired) electrons. The molecule has 2 aliphatic rings. The summed E-state index contributed by atoms with van der Waals surface area (Å²) in [6.07, 6.45) is 2.69. The standard InChI is InChI=1S/C15H23N3/c1-17(2)13-3-5-14(6-4-13)18-10-8-15(12-18)7-9-16-11-15/h3-6,16H,7-12H2,1-2H3. The molecular formula is C15H23N3. The van der Waals surface area contributed by atoms with Crippen molar-refractivity contribution in [3.8, 4) is 0 Å². The van der Waals surface area contributed by atoms with Crippen molar-refractivity contribution in [2.45, 2.75) is 12.8 Å². The first-order valence-electron chi connectivity index (χ1n) is 6.92. The van der Waals surface area contributed by atoms with Crippen LogP contribution >= 0.6 is 0 Å². The van der Waals surface area contributed by atoms with Gasteiger partial charge in [0.25, 0.3) is 0 Å². The van der Waals surface area contributed by atoms with Gasteiger partial charge in [0.15, 0.2) is 0 Å². The minimum absolute atomic E-state index is 0.556. The predicted molar refractivity (Wildman–Crippen MR) is 77.5 cm³/mol. The van der Waals surface area contributed by atoms with Crippen molar-refractivity contribution < 1.29 is 0 Å². The molecule has 0 aromatic heterocycles. The molecule has 1 unspecified atom stereocenters. The van der Waals surface area contributed by atoms with Crippen LogP contribution in [0.25, 0.3) is 0 Å². The first-order valence-corrected chi connectivity index (χ1v) is 6.92. The molecule has 18 heavy (non-hydrogen) atoms. The third-order valence-electron chi connectivity index (χ3n) is 4.50. The maximum absolute atomic E-state index is 3.52. The van der Waals surface area contributed by atoms with Gasteiger partial charge in [-0.1, -0.05) is 0 Å². The van der Waals surface area contributed by atoms with Gasteiger partial charge in [-0.25, -0.2) is 0 Å². The minimum Gasteiger partial charge on any atom is -0.378 e. The van der Waals surface area contributed by atoms with E-state index in [0.717, 1.165) is 0 Å². The summed E-state index contributed by atoms with van der Waals surface area (Å²) in [6, 6.07) is 8.95. The quantitative estimate of drug-likeness (QED) is 0.859. The minimum atomic E-state index is 0.556. The van der Waals surface area contributed by atoms with E-state index in [1.54, 1.807) is 0 Å². The van der Waals surface area contributed by atoms with E-state index in [-0.39, 0.29) is 0 Å². The first-order chi connectivity index (χ1) is 8.69. The molecule has 0 aliphatic carbocycles. The fraction of sp³-hybridized carbons (Fsp3) is 0.600. The average molecular weight is 245 g/mol. The van der Waals surface area contributed by atoms with E-state index in [9.17, 15) is 0 Å². The van der Waals surface area contributed by atoms with Crippen LogP contribution in [0.4, 0.5) is 11.4 Å². The second kappa shape index (κ2) is 4.47. The summed E-state index contributed by atoms with van der Waals surface area (Å²) in [6.45, 7) is 4.84. The van der Waals surface area contributed by atoms with Crippen LogP contribution in [-0.4, -0.2) is 40.3 Å². The number of benzene rings is 1. The highest BCUT2D eigenvalue weighted by Gasteiger charge is 2.40. The van der Waals surface area contributed by atoms with Crippen molar-refractivity contribution in [1.82, 2.24) is 5.32 Å². The maximum atomic E-state index is 3.52. The molecule has 1 aromatic rings. The molecule has 1 N–H and O–H groups in total. The zero-order valence-electron chi connectivity index (χ0n) is 11.4. The van der Waals surface area contributed by atoms with Crippen LogP contribution in [-0.2, 0) is 0 Å². The number of anilines is 2. The van der Waals surface area contributed by atoms with Crippen LogP contribution in [0.2, 0.25) is 0 Å². The van der Waals surface area contributed by atoms with Crippen LogP contribution in [0.15, 0.2) is 24.3 Å². The van der Waals surface area contributed by atoms with E-state index >= 15 is 0 Å². The molecule has 0 saturated carbocycles. The number of hydrogen-bond donors (Lipinski definition) is 1. The SMILES string of the molecule is CN(C)c1ccc(N2CCC3(CCNC3)C2)cc1. The Bertz CT molecular complexity index is 404. The Balaban J connectivity index is 1.72. The molecule has 3 nitrogen and oxygen atoms in total. The maximum Gasteiger partial charge on any atom is 0.0367 e. The molecule has 1 spiro atoms. The van der Waals surface area contributed by atoms with Crippen LogP contribution in [0.5, 0.6) is 0 Å². The second-order valence-electron chi connectivity index (χ2n) is 6.01. The summed E-state index contributed by atoms with van der Waals surface area (Å²) >= 11 is 0. The van der Waals surface area contributed by atoms with Crippen LogP contribution in [0.3, 0.4) is 0 Å². The van der Waals surface area contributed by atoms with E-state index < -0.39 is 0 Å². The molecule has 2 aliphatic heterocycles. The lowest BCUT2D eigenvalue weighted by Gasteiger charge is -2.24. The number of rotatable bonds is 2. The van der Waals surface area contributed by atoms with Gasteiger partial charge >= 0.3 is 0 Å². The zero-order chi connectivity index (χ0) is 12.6. The molecule has 2 saturated heterocycles. The van der Waals surface area contributed by atoms with Gasteiger partial charge in [-0.2, -0.15) is 0 Å². The van der Waals surface area contributed by atoms with E-state index in [1.165, 1.54) is 50.4 Å². The normalized spacial score (nSPS) is 27.1. The predicted octanol–water partition coefficient (Wildman–Crippen LogP) is 1.94. The number of nitrogens with zero attached hydrogens (tertiary/aromatic N) is 2. The van der Waals surface area contributed by atoms with E-state index in [0.29, 0.717) is 5.41 Å². The van der Waals surface area contributed by atoms with Gasteiger partial charge in [0, 0.05) is 50.5 Å². The van der Waals surface area contributed by atoms with Crippen LogP contribution in [0.1, 0.15) is 12.8 Å². The monoisotopic (exact) mass is 245 g/mol. The second-order valence-corrected chi connectivity index (χ2v) is 6.01. The molecular weight excluding hydrogens is 222 g/mol. The highest BCUT2D eigenvalue weighted by Crippen LogP contribution is 2.38. The van der Waals surface area contributed by atoms with E-state index in [4.69, 9.17) is 0 Å². The molecule has 98 valence electrons. The van der Waals surface area contributed by atoms with Gasteiger partial charge in [-0.3, -0.25) is 0 Å². The Kier molecular flexibility index (Phi) is 2.94. The van der Waals surface area contributed by atoms with E-state index in [1.807, 2.05) is 0 Å². The van der Waals surface area contributed by atoms with E-state index in [2.05, 4.69) is 53.5 Å². The van der Waals surface area contributed by atoms with Crippen molar-refractivity contribution >= 4 is 11.4 Å². The summed E-state index contributed by atoms with van der Waals surface area (Å²) in [5, 5.41) is 3.52. The Morgan fingerprint density at radius 1 is 1.17 bits per heavy atom. The molecule has 0 amide bonds. The van der Waals surface area contributed by atoms with Crippen molar-refractivity contribution in [1.29, 1.82) is 0 Å². The highest BCUT2D eigenvalue weighted by molar-refractivity contribution is 5.56. The van der Waals surface area contributed by atoms with Gasteiger partial charge in [-0.15, -0.1) is 0 Å². The zero-order valence-corrected chi connectivity index (χ0v) is 11.4. The molecule has 3 rings (SSSR count). The lowest BCUT2D eigenvalue weighted by atomic mass is 9.86. The smallest absolute Gasteiger partial charge is 0.0367 e. The van der Waals surface area contributed by atoms with Crippen molar-refractivity contribution in [3.63, 3.8) is 0 Å². The van der Waals surface area contributed by atoms with Gasteiger partial charge in [0.05, 0.1) is 0 Å². The van der Waals surface area contributed by atoms with Crippen molar-refractivity contribution in [3.05, 3.63) is 24.3 Å². The fourth-order valence-electron chi connectivity index (χ4n) is 3.26. The topological polar surface area (TPSA) is 18.5 Å². The third kappa shape index (κ3) is 2.07. The largest absolute Gasteiger partial charge is 0.378 e. The Hall–Kier alpha value is -1.22. The molecule has 2 fully saturated rings. The lowest BCUT2D eigenvalue weighted by molar-refractivity contribution is 0.369. The molecule has 3 heteroatoms. The van der Waals surface area contributed by atoms with Crippen LogP contribution in [0, 0.1) is 5.41 Å². The van der Waals surface area contributed by atoms with Gasteiger partial charge in [-0.05, 0) is 43.7 Å². The molecule has 1 aromatic carbocycles. The Morgan fingerprint density at radius 2 is 1.94 bits per heavy atom. The lowest BCUT2D eigenvalue weighted by Crippen LogP contribution is -2.29. The first kappa shape index (κ1) is 11.8. The van der Waals surface area contributed by atoms with Crippen molar-refractivity contribution in [2.24, 2.45) is 5.41 Å². The van der Waals surface area contributed by atoms with Gasteiger partial charge < -0.3 is 15.1 Å². The third-order valence-corrected chi connectivity index (χ3v) is 4.50. The van der Waals surface area contributed by atoms with Crippen molar-refractivity contribution in [2.75, 3.05) is 50.1 Å². The summed E-state index contributed by atoms with van der Waals surface area (Å²) in [5.41, 5.74) is 3.21. The Morgan fingerprint density at radius 3 is 2.56 bits per heavy atom. The van der Waals surface area contributed by atoms with Gasteiger partial charge in [0.2, 0.25) is 0 Å². The highest BCUT2D eigenvalue weighted by atomic mass is 15.2.